The van der Waals surface area contributed by atoms with Crippen molar-refractivity contribution in [1.82, 2.24) is 25.0 Å². The van der Waals surface area contributed by atoms with Crippen molar-refractivity contribution in [1.29, 1.82) is 0 Å². The van der Waals surface area contributed by atoms with E-state index in [9.17, 15) is 0 Å². The van der Waals surface area contributed by atoms with Crippen LogP contribution in [-0.4, -0.2) is 25.0 Å². The number of aromatic nitrogens is 5. The van der Waals surface area contributed by atoms with Crippen molar-refractivity contribution < 1.29 is 0 Å². The van der Waals surface area contributed by atoms with Gasteiger partial charge in [-0.25, -0.2) is 4.68 Å². The van der Waals surface area contributed by atoms with Crippen LogP contribution in [0.3, 0.4) is 0 Å². The molecule has 0 bridgehead atoms. The van der Waals surface area contributed by atoms with Gasteiger partial charge in [0.25, 0.3) is 0 Å². The fourth-order valence-corrected chi connectivity index (χ4v) is 1.87. The molecule has 84 valence electrons. The van der Waals surface area contributed by atoms with Crippen molar-refractivity contribution in [2.24, 2.45) is 0 Å². The number of hydrogen-bond donors (Lipinski definition) is 1. The first-order valence-electron chi connectivity index (χ1n) is 5.13. The molecule has 5 nitrogen and oxygen atoms in total. The Morgan fingerprint density at radius 1 is 1.18 bits per heavy atom. The minimum absolute atomic E-state index is 0.356. The second kappa shape index (κ2) is 3.74. The van der Waals surface area contributed by atoms with Gasteiger partial charge in [0.05, 0.1) is 11.4 Å². The van der Waals surface area contributed by atoms with E-state index in [0.29, 0.717) is 4.77 Å². The lowest BCUT2D eigenvalue weighted by Crippen LogP contribution is -1.98. The molecule has 0 saturated heterocycles. The summed E-state index contributed by atoms with van der Waals surface area (Å²) in [7, 11) is 0. The maximum atomic E-state index is 4.99. The molecular formula is C11H9N5S. The number of para-hydroxylation sites is 1. The van der Waals surface area contributed by atoms with E-state index in [1.807, 2.05) is 37.3 Å². The molecule has 2 aromatic heterocycles. The van der Waals surface area contributed by atoms with Gasteiger partial charge in [-0.2, -0.15) is 5.10 Å². The second-order valence-corrected chi connectivity index (χ2v) is 4.05. The van der Waals surface area contributed by atoms with Crippen LogP contribution in [0.1, 0.15) is 5.69 Å². The molecule has 3 aromatic rings. The number of fused-ring (bicyclic) bond motifs is 1. The number of nitrogens with zero attached hydrogens (tertiary/aromatic N) is 4. The number of hydrogen-bond acceptors (Lipinski definition) is 4. The molecule has 1 aromatic carbocycles. The fraction of sp³-hybridized carbons (Fsp3) is 0.0909. The Balaban J connectivity index is 2.38. The highest BCUT2D eigenvalue weighted by Crippen LogP contribution is 2.16. The number of aromatic amines is 1. The van der Waals surface area contributed by atoms with Crippen LogP contribution in [0.15, 0.2) is 30.3 Å². The summed E-state index contributed by atoms with van der Waals surface area (Å²) in [5.41, 5.74) is 3.29. The highest BCUT2D eigenvalue weighted by Gasteiger charge is 2.10. The maximum Gasteiger partial charge on any atom is 0.219 e. The molecule has 17 heavy (non-hydrogen) atoms. The maximum absolute atomic E-state index is 4.99. The second-order valence-electron chi connectivity index (χ2n) is 3.66. The van der Waals surface area contributed by atoms with Crippen molar-refractivity contribution in [3.05, 3.63) is 40.8 Å². The summed E-state index contributed by atoms with van der Waals surface area (Å²) in [6.45, 7) is 1.90. The quantitative estimate of drug-likeness (QED) is 0.665. The standard InChI is InChI=1S/C11H9N5S/c1-7-9-10(12-11(17)14-13-9)16(15-7)8-5-3-2-4-6-8/h2-6H,1H3,(H,12,14,17). The third-order valence-electron chi connectivity index (χ3n) is 2.50. The predicted molar refractivity (Wildman–Crippen MR) is 66.6 cm³/mol. The van der Waals surface area contributed by atoms with E-state index in [-0.39, 0.29) is 0 Å². The predicted octanol–water partition coefficient (Wildman–Crippen LogP) is 2.18. The van der Waals surface area contributed by atoms with Crippen molar-refractivity contribution >= 4 is 23.4 Å². The van der Waals surface area contributed by atoms with Gasteiger partial charge in [0.2, 0.25) is 4.77 Å². The zero-order valence-corrected chi connectivity index (χ0v) is 9.90. The Hall–Kier alpha value is -2.08. The minimum atomic E-state index is 0.356. The number of nitrogens with one attached hydrogen (secondary N) is 1. The van der Waals surface area contributed by atoms with E-state index in [1.165, 1.54) is 0 Å². The van der Waals surface area contributed by atoms with Gasteiger partial charge in [0, 0.05) is 0 Å². The Morgan fingerprint density at radius 2 is 1.94 bits per heavy atom. The largest absolute Gasteiger partial charge is 0.312 e. The van der Waals surface area contributed by atoms with E-state index < -0.39 is 0 Å². The molecule has 0 aliphatic carbocycles. The molecule has 0 fully saturated rings. The van der Waals surface area contributed by atoms with Gasteiger partial charge in [0.15, 0.2) is 11.2 Å². The topological polar surface area (TPSA) is 59.4 Å². The molecule has 6 heteroatoms. The average molecular weight is 243 g/mol. The summed E-state index contributed by atoms with van der Waals surface area (Å²) in [6, 6.07) is 9.83. The van der Waals surface area contributed by atoms with E-state index in [0.717, 1.165) is 22.5 Å². The highest BCUT2D eigenvalue weighted by atomic mass is 32.1. The average Bonchev–Trinajstić information content (AvgIpc) is 2.67. The Bertz CT molecular complexity index is 728. The summed E-state index contributed by atoms with van der Waals surface area (Å²) in [6.07, 6.45) is 0. The zero-order valence-electron chi connectivity index (χ0n) is 9.08. The van der Waals surface area contributed by atoms with E-state index in [2.05, 4.69) is 20.3 Å². The first-order valence-corrected chi connectivity index (χ1v) is 5.54. The summed E-state index contributed by atoms with van der Waals surface area (Å²) >= 11 is 4.99. The molecule has 0 aliphatic rings. The van der Waals surface area contributed by atoms with Crippen LogP contribution >= 0.6 is 12.2 Å². The first kappa shape index (κ1) is 10.1. The van der Waals surface area contributed by atoms with E-state index in [1.54, 1.807) is 4.68 Å². The van der Waals surface area contributed by atoms with Crippen LogP contribution in [-0.2, 0) is 0 Å². The van der Waals surface area contributed by atoms with E-state index >= 15 is 0 Å². The Morgan fingerprint density at radius 3 is 2.71 bits per heavy atom. The number of benzene rings is 1. The van der Waals surface area contributed by atoms with Gasteiger partial charge < -0.3 is 4.98 Å². The minimum Gasteiger partial charge on any atom is -0.312 e. The van der Waals surface area contributed by atoms with Crippen molar-refractivity contribution in [3.63, 3.8) is 0 Å². The van der Waals surface area contributed by atoms with Gasteiger partial charge in [-0.1, -0.05) is 18.2 Å². The molecule has 0 unspecified atom stereocenters. The molecule has 2 heterocycles. The molecule has 0 amide bonds. The fourth-order valence-electron chi connectivity index (χ4n) is 1.73. The van der Waals surface area contributed by atoms with Gasteiger partial charge in [-0.15, -0.1) is 10.2 Å². The zero-order chi connectivity index (χ0) is 11.8. The summed E-state index contributed by atoms with van der Waals surface area (Å²) in [4.78, 5) is 3.02. The van der Waals surface area contributed by atoms with Crippen molar-refractivity contribution in [3.8, 4) is 5.69 Å². The van der Waals surface area contributed by atoms with Crippen LogP contribution in [0.2, 0.25) is 0 Å². The number of rotatable bonds is 1. The van der Waals surface area contributed by atoms with Crippen LogP contribution in [0.5, 0.6) is 0 Å². The normalized spacial score (nSPS) is 10.9. The summed E-state index contributed by atoms with van der Waals surface area (Å²) in [5.74, 6) is 0. The molecular weight excluding hydrogens is 234 g/mol. The number of aryl methyl sites for hydroxylation is 1. The highest BCUT2D eigenvalue weighted by molar-refractivity contribution is 7.71. The van der Waals surface area contributed by atoms with Crippen LogP contribution in [0.25, 0.3) is 16.9 Å². The van der Waals surface area contributed by atoms with Gasteiger partial charge >= 0.3 is 0 Å². The summed E-state index contributed by atoms with van der Waals surface area (Å²) in [5, 5.41) is 12.3. The molecule has 0 spiro atoms. The Kier molecular flexibility index (Phi) is 2.22. The SMILES string of the molecule is Cc1nn(-c2ccccc2)c2[nH]c(=S)nnc12. The van der Waals surface area contributed by atoms with Crippen molar-refractivity contribution in [2.45, 2.75) is 6.92 Å². The Labute approximate surface area is 102 Å². The molecule has 0 atom stereocenters. The smallest absolute Gasteiger partial charge is 0.219 e. The number of H-pyrrole nitrogens is 1. The molecule has 0 saturated carbocycles. The van der Waals surface area contributed by atoms with Crippen molar-refractivity contribution in [2.75, 3.05) is 0 Å². The third kappa shape index (κ3) is 1.62. The van der Waals surface area contributed by atoms with Crippen LogP contribution in [0, 0.1) is 11.7 Å². The molecule has 0 aliphatic heterocycles. The van der Waals surface area contributed by atoms with E-state index in [4.69, 9.17) is 12.2 Å². The van der Waals surface area contributed by atoms with Crippen LogP contribution < -0.4 is 0 Å². The molecule has 0 radical (unpaired) electrons. The lowest BCUT2D eigenvalue weighted by atomic mass is 10.3. The molecule has 1 N–H and O–H groups in total. The van der Waals surface area contributed by atoms with Gasteiger partial charge in [0.1, 0.15) is 0 Å². The lowest BCUT2D eigenvalue weighted by Gasteiger charge is -2.01. The van der Waals surface area contributed by atoms with Gasteiger partial charge in [-0.3, -0.25) is 0 Å². The monoisotopic (exact) mass is 243 g/mol. The lowest BCUT2D eigenvalue weighted by molar-refractivity contribution is 0.873. The molecule has 3 rings (SSSR count). The summed E-state index contributed by atoms with van der Waals surface area (Å²) < 4.78 is 2.14. The first-order chi connectivity index (χ1) is 8.25. The third-order valence-corrected chi connectivity index (χ3v) is 2.68. The van der Waals surface area contributed by atoms with Crippen LogP contribution in [0.4, 0.5) is 0 Å². The van der Waals surface area contributed by atoms with Gasteiger partial charge in [-0.05, 0) is 31.3 Å².